The summed E-state index contributed by atoms with van der Waals surface area (Å²) in [5, 5.41) is 0. The van der Waals surface area contributed by atoms with Gasteiger partial charge in [0.05, 0.1) is 23.1 Å². The second-order valence-electron chi connectivity index (χ2n) is 6.51. The van der Waals surface area contributed by atoms with E-state index in [0.717, 1.165) is 17.5 Å². The third kappa shape index (κ3) is 3.17. The molecule has 2 unspecified atom stereocenters. The Morgan fingerprint density at radius 1 is 1.18 bits per heavy atom. The molecule has 2 aromatic rings. The Morgan fingerprint density at radius 2 is 1.86 bits per heavy atom. The van der Waals surface area contributed by atoms with Crippen LogP contribution in [0.5, 0.6) is 0 Å². The number of sulfonamides is 1. The first-order valence-corrected chi connectivity index (χ1v) is 9.44. The predicted molar refractivity (Wildman–Crippen MR) is 88.0 cm³/mol. The molecule has 22 heavy (non-hydrogen) atoms. The summed E-state index contributed by atoms with van der Waals surface area (Å²) in [5.41, 5.74) is 1.89. The van der Waals surface area contributed by atoms with E-state index >= 15 is 0 Å². The maximum Gasteiger partial charge on any atom is 0.215 e. The number of imidazole rings is 1. The van der Waals surface area contributed by atoms with Gasteiger partial charge in [-0.1, -0.05) is 26.0 Å². The van der Waals surface area contributed by atoms with E-state index in [0.29, 0.717) is 31.5 Å². The molecule has 0 amide bonds. The molecule has 0 spiro atoms. The highest BCUT2D eigenvalue weighted by Crippen LogP contribution is 2.23. The smallest absolute Gasteiger partial charge is 0.215 e. The zero-order chi connectivity index (χ0) is 15.7. The van der Waals surface area contributed by atoms with Crippen LogP contribution in [0.25, 0.3) is 11.0 Å². The molecule has 6 heteroatoms. The minimum absolute atomic E-state index is 0.132. The summed E-state index contributed by atoms with van der Waals surface area (Å²) in [6, 6.07) is 7.80. The maximum atomic E-state index is 12.6. The van der Waals surface area contributed by atoms with Crippen molar-refractivity contribution in [3.8, 4) is 0 Å². The quantitative estimate of drug-likeness (QED) is 0.868. The van der Waals surface area contributed by atoms with E-state index in [4.69, 9.17) is 0 Å². The van der Waals surface area contributed by atoms with E-state index in [-0.39, 0.29) is 5.75 Å². The Labute approximate surface area is 132 Å². The van der Waals surface area contributed by atoms with Crippen LogP contribution in [0.4, 0.5) is 0 Å². The van der Waals surface area contributed by atoms with Crippen LogP contribution in [-0.4, -0.2) is 41.1 Å². The Morgan fingerprint density at radius 3 is 2.59 bits per heavy atom. The number of para-hydroxylation sites is 2. The van der Waals surface area contributed by atoms with Crippen LogP contribution in [0.3, 0.4) is 0 Å². The molecule has 1 saturated heterocycles. The molecule has 0 radical (unpaired) electrons. The average Bonchev–Trinajstić information content (AvgIpc) is 2.87. The maximum absolute atomic E-state index is 12.6. The van der Waals surface area contributed by atoms with Crippen molar-refractivity contribution in [1.82, 2.24) is 13.9 Å². The molecule has 2 heterocycles. The van der Waals surface area contributed by atoms with Gasteiger partial charge in [0.2, 0.25) is 10.0 Å². The first-order chi connectivity index (χ1) is 10.5. The van der Waals surface area contributed by atoms with Crippen molar-refractivity contribution in [2.24, 2.45) is 11.8 Å². The third-order valence-electron chi connectivity index (χ3n) is 4.35. The van der Waals surface area contributed by atoms with Gasteiger partial charge in [0.1, 0.15) is 0 Å². The summed E-state index contributed by atoms with van der Waals surface area (Å²) in [7, 11) is -3.21. The van der Waals surface area contributed by atoms with Crippen LogP contribution < -0.4 is 0 Å². The molecule has 0 saturated carbocycles. The number of benzene rings is 1. The Kier molecular flexibility index (Phi) is 4.23. The lowest BCUT2D eigenvalue weighted by molar-refractivity contribution is 0.222. The zero-order valence-corrected chi connectivity index (χ0v) is 14.0. The first kappa shape index (κ1) is 15.5. The number of piperidine rings is 1. The summed E-state index contributed by atoms with van der Waals surface area (Å²) < 4.78 is 28.8. The van der Waals surface area contributed by atoms with Crippen molar-refractivity contribution in [3.05, 3.63) is 30.6 Å². The van der Waals surface area contributed by atoms with E-state index in [1.165, 1.54) is 0 Å². The van der Waals surface area contributed by atoms with Crippen molar-refractivity contribution in [2.75, 3.05) is 18.8 Å². The van der Waals surface area contributed by atoms with E-state index < -0.39 is 10.0 Å². The second-order valence-corrected chi connectivity index (χ2v) is 8.59. The molecule has 1 fully saturated rings. The molecule has 5 nitrogen and oxygen atoms in total. The van der Waals surface area contributed by atoms with E-state index in [2.05, 4.69) is 18.8 Å². The lowest BCUT2D eigenvalue weighted by atomic mass is 9.94. The highest BCUT2D eigenvalue weighted by Gasteiger charge is 2.30. The fourth-order valence-electron chi connectivity index (χ4n) is 3.36. The van der Waals surface area contributed by atoms with Crippen LogP contribution >= 0.6 is 0 Å². The number of aromatic nitrogens is 2. The summed E-state index contributed by atoms with van der Waals surface area (Å²) in [5.74, 6) is 1.01. The fraction of sp³-hybridized carbons (Fsp3) is 0.562. The van der Waals surface area contributed by atoms with Crippen LogP contribution in [0.2, 0.25) is 0 Å². The fourth-order valence-corrected chi connectivity index (χ4v) is 5.01. The van der Waals surface area contributed by atoms with Gasteiger partial charge in [-0.2, -0.15) is 0 Å². The normalized spacial score (nSPS) is 23.9. The Balaban J connectivity index is 1.72. The monoisotopic (exact) mass is 321 g/mol. The molecule has 1 aliphatic rings. The molecule has 120 valence electrons. The van der Waals surface area contributed by atoms with Gasteiger partial charge < -0.3 is 4.57 Å². The van der Waals surface area contributed by atoms with Crippen molar-refractivity contribution in [3.63, 3.8) is 0 Å². The van der Waals surface area contributed by atoms with Gasteiger partial charge in [-0.25, -0.2) is 17.7 Å². The van der Waals surface area contributed by atoms with Crippen molar-refractivity contribution in [2.45, 2.75) is 26.8 Å². The second kappa shape index (κ2) is 6.01. The average molecular weight is 321 g/mol. The van der Waals surface area contributed by atoms with Gasteiger partial charge >= 0.3 is 0 Å². The topological polar surface area (TPSA) is 55.2 Å². The van der Waals surface area contributed by atoms with Crippen LogP contribution in [0.15, 0.2) is 30.6 Å². The summed E-state index contributed by atoms with van der Waals surface area (Å²) in [4.78, 5) is 4.31. The van der Waals surface area contributed by atoms with Gasteiger partial charge in [0, 0.05) is 19.6 Å². The van der Waals surface area contributed by atoms with Gasteiger partial charge in [-0.3, -0.25) is 0 Å². The predicted octanol–water partition coefficient (Wildman–Crippen LogP) is 2.34. The molecule has 0 bridgehead atoms. The molecule has 0 aliphatic carbocycles. The van der Waals surface area contributed by atoms with Gasteiger partial charge in [0.15, 0.2) is 0 Å². The molecular weight excluding hydrogens is 298 g/mol. The van der Waals surface area contributed by atoms with Crippen molar-refractivity contribution in [1.29, 1.82) is 0 Å². The SMILES string of the molecule is CC1CC(C)CN(S(=O)(=O)CCn2cnc3ccccc32)C1. The molecule has 1 aromatic heterocycles. The first-order valence-electron chi connectivity index (χ1n) is 7.83. The molecule has 1 aliphatic heterocycles. The number of aryl methyl sites for hydroxylation is 1. The largest absolute Gasteiger partial charge is 0.330 e. The lowest BCUT2D eigenvalue weighted by Gasteiger charge is -2.34. The van der Waals surface area contributed by atoms with Crippen LogP contribution in [-0.2, 0) is 16.6 Å². The zero-order valence-electron chi connectivity index (χ0n) is 13.1. The molecule has 3 rings (SSSR count). The van der Waals surface area contributed by atoms with E-state index in [9.17, 15) is 8.42 Å². The summed E-state index contributed by atoms with van der Waals surface area (Å²) in [6.07, 6.45) is 2.83. The number of nitrogens with zero attached hydrogens (tertiary/aromatic N) is 3. The van der Waals surface area contributed by atoms with Crippen LogP contribution in [0, 0.1) is 11.8 Å². The standard InChI is InChI=1S/C16H23N3O2S/c1-13-9-14(2)11-19(10-13)22(20,21)8-7-18-12-17-15-5-3-4-6-16(15)18/h3-6,12-14H,7-11H2,1-2H3. The minimum atomic E-state index is -3.21. The molecule has 1 aromatic carbocycles. The van der Waals surface area contributed by atoms with E-state index in [1.54, 1.807) is 10.6 Å². The van der Waals surface area contributed by atoms with Gasteiger partial charge in [0.25, 0.3) is 0 Å². The van der Waals surface area contributed by atoms with Gasteiger partial charge in [-0.05, 0) is 30.4 Å². The summed E-state index contributed by atoms with van der Waals surface area (Å²) in [6.45, 7) is 6.00. The Hall–Kier alpha value is -1.40. The Bertz CT molecular complexity index is 744. The van der Waals surface area contributed by atoms with Gasteiger partial charge in [-0.15, -0.1) is 0 Å². The van der Waals surface area contributed by atoms with E-state index in [1.807, 2.05) is 28.8 Å². The third-order valence-corrected chi connectivity index (χ3v) is 6.13. The molecule has 0 N–H and O–H groups in total. The number of hydrogen-bond acceptors (Lipinski definition) is 3. The van der Waals surface area contributed by atoms with Crippen LogP contribution in [0.1, 0.15) is 20.3 Å². The molecule has 2 atom stereocenters. The number of hydrogen-bond donors (Lipinski definition) is 0. The minimum Gasteiger partial charge on any atom is -0.330 e. The van der Waals surface area contributed by atoms with Crippen molar-refractivity contribution >= 4 is 21.1 Å². The lowest BCUT2D eigenvalue weighted by Crippen LogP contribution is -2.44. The number of fused-ring (bicyclic) bond motifs is 1. The highest BCUT2D eigenvalue weighted by atomic mass is 32.2. The molecular formula is C16H23N3O2S. The summed E-state index contributed by atoms with van der Waals surface area (Å²) >= 11 is 0. The highest BCUT2D eigenvalue weighted by molar-refractivity contribution is 7.89. The van der Waals surface area contributed by atoms with Crippen molar-refractivity contribution < 1.29 is 8.42 Å². The number of rotatable bonds is 4.